The van der Waals surface area contributed by atoms with Crippen molar-refractivity contribution in [3.63, 3.8) is 0 Å². The van der Waals surface area contributed by atoms with Gasteiger partial charge in [0.1, 0.15) is 6.04 Å². The average molecular weight is 246 g/mol. The van der Waals surface area contributed by atoms with Gasteiger partial charge >= 0.3 is 0 Å². The highest BCUT2D eigenvalue weighted by Crippen LogP contribution is 2.18. The predicted molar refractivity (Wildman–Crippen MR) is 74.7 cm³/mol. The standard InChI is InChI=1S/C15H22N2O/c1-11-6-5-9-14(10-11)16-12(2)15(18)17-13-7-3-4-8-13/h5-6,9-10,12-13,16H,3-4,7-8H2,1-2H3,(H,17,18)/t12-/m0/s1. The van der Waals surface area contributed by atoms with Crippen LogP contribution in [0.4, 0.5) is 5.69 Å². The summed E-state index contributed by atoms with van der Waals surface area (Å²) in [4.78, 5) is 12.0. The summed E-state index contributed by atoms with van der Waals surface area (Å²) in [5.74, 6) is 0.100. The third kappa shape index (κ3) is 3.49. The summed E-state index contributed by atoms with van der Waals surface area (Å²) in [5.41, 5.74) is 2.20. The molecule has 0 aromatic heterocycles. The lowest BCUT2D eigenvalue weighted by Gasteiger charge is -2.18. The molecule has 2 rings (SSSR count). The third-order valence-electron chi connectivity index (χ3n) is 3.50. The fourth-order valence-electron chi connectivity index (χ4n) is 2.45. The molecule has 0 unspecified atom stereocenters. The minimum Gasteiger partial charge on any atom is -0.374 e. The molecule has 1 aromatic rings. The van der Waals surface area contributed by atoms with Crippen molar-refractivity contribution in [2.24, 2.45) is 0 Å². The van der Waals surface area contributed by atoms with Gasteiger partial charge in [-0.15, -0.1) is 0 Å². The monoisotopic (exact) mass is 246 g/mol. The zero-order valence-corrected chi connectivity index (χ0v) is 11.2. The Bertz CT molecular complexity index is 411. The molecule has 0 bridgehead atoms. The highest BCUT2D eigenvalue weighted by Gasteiger charge is 2.20. The van der Waals surface area contributed by atoms with E-state index in [1.54, 1.807) is 0 Å². The maximum absolute atomic E-state index is 12.0. The lowest BCUT2D eigenvalue weighted by atomic mass is 10.2. The van der Waals surface area contributed by atoms with Crippen molar-refractivity contribution < 1.29 is 4.79 Å². The molecule has 0 saturated heterocycles. The summed E-state index contributed by atoms with van der Waals surface area (Å²) in [6.07, 6.45) is 4.74. The maximum Gasteiger partial charge on any atom is 0.242 e. The first-order valence-electron chi connectivity index (χ1n) is 6.79. The van der Waals surface area contributed by atoms with E-state index in [-0.39, 0.29) is 11.9 Å². The van der Waals surface area contributed by atoms with Gasteiger partial charge in [0, 0.05) is 11.7 Å². The Hall–Kier alpha value is -1.51. The number of anilines is 1. The molecular weight excluding hydrogens is 224 g/mol. The number of amides is 1. The number of carbonyl (C=O) groups excluding carboxylic acids is 1. The number of nitrogens with one attached hydrogen (secondary N) is 2. The molecule has 3 heteroatoms. The van der Waals surface area contributed by atoms with E-state index >= 15 is 0 Å². The quantitative estimate of drug-likeness (QED) is 0.857. The van der Waals surface area contributed by atoms with Crippen molar-refractivity contribution in [1.82, 2.24) is 5.32 Å². The molecule has 1 atom stereocenters. The van der Waals surface area contributed by atoms with Crippen LogP contribution in [0.2, 0.25) is 0 Å². The van der Waals surface area contributed by atoms with Gasteiger partial charge in [-0.1, -0.05) is 25.0 Å². The van der Waals surface area contributed by atoms with E-state index in [4.69, 9.17) is 0 Å². The second-order valence-electron chi connectivity index (χ2n) is 5.23. The fraction of sp³-hybridized carbons (Fsp3) is 0.533. The van der Waals surface area contributed by atoms with E-state index in [9.17, 15) is 4.79 Å². The maximum atomic E-state index is 12.0. The fourth-order valence-corrected chi connectivity index (χ4v) is 2.45. The topological polar surface area (TPSA) is 41.1 Å². The second kappa shape index (κ2) is 5.89. The van der Waals surface area contributed by atoms with Gasteiger partial charge in [-0.05, 0) is 44.4 Å². The van der Waals surface area contributed by atoms with Gasteiger partial charge in [-0.3, -0.25) is 4.79 Å². The molecule has 0 aliphatic heterocycles. The van der Waals surface area contributed by atoms with Crippen LogP contribution < -0.4 is 10.6 Å². The molecule has 98 valence electrons. The minimum atomic E-state index is -0.188. The van der Waals surface area contributed by atoms with Crippen LogP contribution in [-0.2, 0) is 4.79 Å². The molecule has 1 aromatic carbocycles. The van der Waals surface area contributed by atoms with E-state index in [0.29, 0.717) is 6.04 Å². The molecule has 1 saturated carbocycles. The molecule has 0 spiro atoms. The summed E-state index contributed by atoms with van der Waals surface area (Å²) in [5, 5.41) is 6.36. The van der Waals surface area contributed by atoms with Crippen molar-refractivity contribution in [2.45, 2.75) is 51.6 Å². The molecule has 1 fully saturated rings. The van der Waals surface area contributed by atoms with Crippen molar-refractivity contribution in [3.8, 4) is 0 Å². The van der Waals surface area contributed by atoms with E-state index in [1.807, 2.05) is 19.1 Å². The molecule has 1 aliphatic carbocycles. The van der Waals surface area contributed by atoms with Crippen LogP contribution in [-0.4, -0.2) is 18.0 Å². The van der Waals surface area contributed by atoms with Crippen molar-refractivity contribution in [1.29, 1.82) is 0 Å². The summed E-state index contributed by atoms with van der Waals surface area (Å²) >= 11 is 0. The van der Waals surface area contributed by atoms with Crippen LogP contribution in [0.1, 0.15) is 38.2 Å². The highest BCUT2D eigenvalue weighted by molar-refractivity contribution is 5.84. The Morgan fingerprint density at radius 1 is 1.33 bits per heavy atom. The van der Waals surface area contributed by atoms with Crippen LogP contribution in [0.3, 0.4) is 0 Å². The summed E-state index contributed by atoms with van der Waals surface area (Å²) in [6, 6.07) is 8.30. The van der Waals surface area contributed by atoms with Gasteiger partial charge in [-0.25, -0.2) is 0 Å². The van der Waals surface area contributed by atoms with Crippen LogP contribution in [0.5, 0.6) is 0 Å². The van der Waals surface area contributed by atoms with Crippen LogP contribution in [0.15, 0.2) is 24.3 Å². The van der Waals surface area contributed by atoms with Crippen LogP contribution >= 0.6 is 0 Å². The van der Waals surface area contributed by atoms with E-state index in [0.717, 1.165) is 18.5 Å². The van der Waals surface area contributed by atoms with E-state index < -0.39 is 0 Å². The van der Waals surface area contributed by atoms with Gasteiger partial charge in [0.2, 0.25) is 5.91 Å². The first-order valence-corrected chi connectivity index (χ1v) is 6.79. The Morgan fingerprint density at radius 2 is 2.06 bits per heavy atom. The van der Waals surface area contributed by atoms with Gasteiger partial charge in [0.05, 0.1) is 0 Å². The van der Waals surface area contributed by atoms with Crippen molar-refractivity contribution in [2.75, 3.05) is 5.32 Å². The predicted octanol–water partition coefficient (Wildman–Crippen LogP) is 2.85. The van der Waals surface area contributed by atoms with Gasteiger partial charge in [0.15, 0.2) is 0 Å². The Balaban J connectivity index is 1.86. The summed E-state index contributed by atoms with van der Waals surface area (Å²) in [7, 11) is 0. The molecule has 0 radical (unpaired) electrons. The molecular formula is C15H22N2O. The molecule has 3 nitrogen and oxygen atoms in total. The minimum absolute atomic E-state index is 0.100. The number of aryl methyl sites for hydroxylation is 1. The largest absolute Gasteiger partial charge is 0.374 e. The average Bonchev–Trinajstić information content (AvgIpc) is 2.81. The lowest BCUT2D eigenvalue weighted by molar-refractivity contribution is -0.122. The Labute approximate surface area is 109 Å². The van der Waals surface area contributed by atoms with Crippen LogP contribution in [0.25, 0.3) is 0 Å². The molecule has 1 amide bonds. The molecule has 0 heterocycles. The van der Waals surface area contributed by atoms with E-state index in [1.165, 1.54) is 18.4 Å². The smallest absolute Gasteiger partial charge is 0.242 e. The Kier molecular flexibility index (Phi) is 4.24. The van der Waals surface area contributed by atoms with Crippen molar-refractivity contribution in [3.05, 3.63) is 29.8 Å². The number of hydrogen-bond donors (Lipinski definition) is 2. The first kappa shape index (κ1) is 12.9. The second-order valence-corrected chi connectivity index (χ2v) is 5.23. The first-order chi connectivity index (χ1) is 8.65. The zero-order chi connectivity index (χ0) is 13.0. The van der Waals surface area contributed by atoms with Gasteiger partial charge < -0.3 is 10.6 Å². The van der Waals surface area contributed by atoms with Gasteiger partial charge in [0.25, 0.3) is 0 Å². The summed E-state index contributed by atoms with van der Waals surface area (Å²) < 4.78 is 0. The molecule has 18 heavy (non-hydrogen) atoms. The SMILES string of the molecule is Cc1cccc(N[C@@H](C)C(=O)NC2CCCC2)c1. The highest BCUT2D eigenvalue weighted by atomic mass is 16.2. The number of carbonyl (C=O) groups is 1. The number of benzene rings is 1. The molecule has 2 N–H and O–H groups in total. The number of hydrogen-bond acceptors (Lipinski definition) is 2. The Morgan fingerprint density at radius 3 is 2.72 bits per heavy atom. The van der Waals surface area contributed by atoms with Gasteiger partial charge in [-0.2, -0.15) is 0 Å². The van der Waals surface area contributed by atoms with Crippen LogP contribution in [0, 0.1) is 6.92 Å². The molecule has 1 aliphatic rings. The number of rotatable bonds is 4. The lowest BCUT2D eigenvalue weighted by Crippen LogP contribution is -2.42. The normalized spacial score (nSPS) is 17.4. The zero-order valence-electron chi connectivity index (χ0n) is 11.2. The van der Waals surface area contributed by atoms with Crippen molar-refractivity contribution >= 4 is 11.6 Å². The van der Waals surface area contributed by atoms with E-state index in [2.05, 4.69) is 29.7 Å². The third-order valence-corrected chi connectivity index (χ3v) is 3.50. The summed E-state index contributed by atoms with van der Waals surface area (Å²) in [6.45, 7) is 3.96.